The Hall–Kier alpha value is -0.930. The van der Waals surface area contributed by atoms with Crippen molar-refractivity contribution in [3.8, 4) is 0 Å². The Balaban J connectivity index is 2.79. The lowest BCUT2D eigenvalue weighted by Crippen LogP contribution is -2.51. The van der Waals surface area contributed by atoms with Gasteiger partial charge in [-0.1, -0.05) is 19.9 Å². The van der Waals surface area contributed by atoms with Gasteiger partial charge in [0.05, 0.1) is 5.60 Å². The number of likely N-dealkylation sites (N-methyl/N-ethyl adjacent to an activating group) is 1. The molecule has 1 heterocycles. The molecule has 17 heavy (non-hydrogen) atoms. The molecule has 1 rings (SSSR count). The molecule has 1 aromatic rings. The zero-order valence-electron chi connectivity index (χ0n) is 11.4. The lowest BCUT2D eigenvalue weighted by Gasteiger charge is -2.36. The fourth-order valence-corrected chi connectivity index (χ4v) is 2.04. The Morgan fingerprint density at radius 1 is 1.47 bits per heavy atom. The van der Waals surface area contributed by atoms with Gasteiger partial charge in [0.25, 0.3) is 0 Å². The first-order chi connectivity index (χ1) is 8.16. The van der Waals surface area contributed by atoms with Crippen LogP contribution in [0.2, 0.25) is 0 Å². The molecule has 0 aliphatic rings. The number of hydrogen-bond acceptors (Lipinski definition) is 3. The Bertz CT molecular complexity index is 309. The third-order valence-electron chi connectivity index (χ3n) is 3.52. The molecule has 96 valence electrons. The molecule has 1 N–H and O–H groups in total. The molecule has 0 saturated heterocycles. The second-order valence-electron chi connectivity index (χ2n) is 4.55. The zero-order valence-corrected chi connectivity index (χ0v) is 11.4. The standard InChI is InChI=1S/C14H24N2O/c1-5-14(3,17-4)13(16-6-2)10-12-8-7-9-15-11-12/h7-9,11,13,16H,5-6,10H2,1-4H3. The molecule has 0 spiro atoms. The molecular formula is C14H24N2O. The molecule has 0 aliphatic heterocycles. The summed E-state index contributed by atoms with van der Waals surface area (Å²) in [7, 11) is 1.79. The molecule has 1 aromatic heterocycles. The molecule has 0 radical (unpaired) electrons. The number of methoxy groups -OCH3 is 1. The predicted molar refractivity (Wildman–Crippen MR) is 71.1 cm³/mol. The molecule has 3 nitrogen and oxygen atoms in total. The molecule has 0 fully saturated rings. The summed E-state index contributed by atoms with van der Waals surface area (Å²) >= 11 is 0. The fourth-order valence-electron chi connectivity index (χ4n) is 2.04. The Labute approximate surface area is 105 Å². The Kier molecular flexibility index (Phi) is 5.59. The lowest BCUT2D eigenvalue weighted by atomic mass is 9.88. The highest BCUT2D eigenvalue weighted by Crippen LogP contribution is 2.22. The van der Waals surface area contributed by atoms with Crippen molar-refractivity contribution in [3.63, 3.8) is 0 Å². The maximum atomic E-state index is 5.69. The second kappa shape index (κ2) is 6.72. The Morgan fingerprint density at radius 2 is 2.24 bits per heavy atom. The van der Waals surface area contributed by atoms with Gasteiger partial charge in [-0.05, 0) is 37.9 Å². The minimum Gasteiger partial charge on any atom is -0.377 e. The molecular weight excluding hydrogens is 212 g/mol. The number of rotatable bonds is 7. The van der Waals surface area contributed by atoms with E-state index in [1.807, 2.05) is 12.3 Å². The van der Waals surface area contributed by atoms with Crippen molar-refractivity contribution in [3.05, 3.63) is 30.1 Å². The van der Waals surface area contributed by atoms with Gasteiger partial charge in [-0.3, -0.25) is 4.98 Å². The first kappa shape index (κ1) is 14.1. The predicted octanol–water partition coefficient (Wildman–Crippen LogP) is 2.42. The van der Waals surface area contributed by atoms with Crippen LogP contribution in [0.15, 0.2) is 24.5 Å². The molecule has 0 aromatic carbocycles. The van der Waals surface area contributed by atoms with Crippen molar-refractivity contribution in [1.29, 1.82) is 0 Å². The van der Waals surface area contributed by atoms with Crippen molar-refractivity contribution in [2.24, 2.45) is 0 Å². The Morgan fingerprint density at radius 3 is 2.71 bits per heavy atom. The summed E-state index contributed by atoms with van der Waals surface area (Å²) in [6, 6.07) is 4.41. The molecule has 0 bridgehead atoms. The van der Waals surface area contributed by atoms with Gasteiger partial charge in [0.1, 0.15) is 0 Å². The average Bonchev–Trinajstić information content (AvgIpc) is 2.38. The van der Waals surface area contributed by atoms with E-state index in [0.717, 1.165) is 19.4 Å². The van der Waals surface area contributed by atoms with Gasteiger partial charge in [-0.25, -0.2) is 0 Å². The van der Waals surface area contributed by atoms with Gasteiger partial charge >= 0.3 is 0 Å². The van der Waals surface area contributed by atoms with Gasteiger partial charge in [0.15, 0.2) is 0 Å². The fraction of sp³-hybridized carbons (Fsp3) is 0.643. The minimum atomic E-state index is -0.133. The van der Waals surface area contributed by atoms with Crippen LogP contribution in [0.4, 0.5) is 0 Å². The van der Waals surface area contributed by atoms with Crippen molar-refractivity contribution in [1.82, 2.24) is 10.3 Å². The van der Waals surface area contributed by atoms with Gasteiger partial charge in [0.2, 0.25) is 0 Å². The third kappa shape index (κ3) is 3.79. The summed E-state index contributed by atoms with van der Waals surface area (Å²) in [5, 5.41) is 3.52. The SMILES string of the molecule is CCNC(Cc1cccnc1)C(C)(CC)OC. The first-order valence-electron chi connectivity index (χ1n) is 6.33. The smallest absolute Gasteiger partial charge is 0.0803 e. The first-order valence-corrected chi connectivity index (χ1v) is 6.33. The van der Waals surface area contributed by atoms with Crippen LogP contribution in [-0.4, -0.2) is 30.3 Å². The van der Waals surface area contributed by atoms with Crippen LogP contribution in [0.25, 0.3) is 0 Å². The molecule has 3 heteroatoms. The molecule has 0 saturated carbocycles. The van der Waals surface area contributed by atoms with E-state index in [4.69, 9.17) is 4.74 Å². The highest BCUT2D eigenvalue weighted by molar-refractivity contribution is 5.12. The van der Waals surface area contributed by atoms with Crippen LogP contribution in [0.1, 0.15) is 32.8 Å². The normalized spacial score (nSPS) is 16.5. The number of nitrogens with one attached hydrogen (secondary N) is 1. The quantitative estimate of drug-likeness (QED) is 0.789. The number of hydrogen-bond donors (Lipinski definition) is 1. The maximum absolute atomic E-state index is 5.69. The van der Waals surface area contributed by atoms with E-state index in [1.165, 1.54) is 5.56 Å². The summed E-state index contributed by atoms with van der Waals surface area (Å²) in [5.74, 6) is 0. The highest BCUT2D eigenvalue weighted by Gasteiger charge is 2.31. The largest absolute Gasteiger partial charge is 0.377 e. The van der Waals surface area contributed by atoms with Gasteiger partial charge < -0.3 is 10.1 Å². The average molecular weight is 236 g/mol. The topological polar surface area (TPSA) is 34.2 Å². The van der Waals surface area contributed by atoms with Crippen molar-refractivity contribution >= 4 is 0 Å². The monoisotopic (exact) mass is 236 g/mol. The number of nitrogens with zero attached hydrogens (tertiary/aromatic N) is 1. The summed E-state index contributed by atoms with van der Waals surface area (Å²) in [4.78, 5) is 4.16. The summed E-state index contributed by atoms with van der Waals surface area (Å²) < 4.78 is 5.69. The van der Waals surface area contributed by atoms with E-state index >= 15 is 0 Å². The van der Waals surface area contributed by atoms with E-state index in [9.17, 15) is 0 Å². The number of pyridine rings is 1. The van der Waals surface area contributed by atoms with Crippen molar-refractivity contribution in [2.45, 2.75) is 45.3 Å². The van der Waals surface area contributed by atoms with E-state index in [2.05, 4.69) is 37.1 Å². The van der Waals surface area contributed by atoms with E-state index in [0.29, 0.717) is 6.04 Å². The summed E-state index contributed by atoms with van der Waals surface area (Å²) in [6.07, 6.45) is 5.67. The van der Waals surface area contributed by atoms with E-state index < -0.39 is 0 Å². The molecule has 0 aliphatic carbocycles. The summed E-state index contributed by atoms with van der Waals surface area (Å²) in [5.41, 5.74) is 1.11. The van der Waals surface area contributed by atoms with Gasteiger partial charge in [-0.15, -0.1) is 0 Å². The van der Waals surface area contributed by atoms with E-state index in [-0.39, 0.29) is 5.60 Å². The van der Waals surface area contributed by atoms with Crippen molar-refractivity contribution < 1.29 is 4.74 Å². The summed E-state index contributed by atoms with van der Waals surface area (Å²) in [6.45, 7) is 7.40. The van der Waals surface area contributed by atoms with Crippen LogP contribution in [0.5, 0.6) is 0 Å². The maximum Gasteiger partial charge on any atom is 0.0803 e. The lowest BCUT2D eigenvalue weighted by molar-refractivity contribution is -0.0283. The van der Waals surface area contributed by atoms with E-state index in [1.54, 1.807) is 13.3 Å². The number of aromatic nitrogens is 1. The molecule has 2 atom stereocenters. The molecule has 0 amide bonds. The van der Waals surface area contributed by atoms with Crippen LogP contribution >= 0.6 is 0 Å². The third-order valence-corrected chi connectivity index (χ3v) is 3.52. The van der Waals surface area contributed by atoms with Crippen LogP contribution in [0.3, 0.4) is 0 Å². The van der Waals surface area contributed by atoms with Crippen LogP contribution in [0, 0.1) is 0 Å². The highest BCUT2D eigenvalue weighted by atomic mass is 16.5. The van der Waals surface area contributed by atoms with Crippen molar-refractivity contribution in [2.75, 3.05) is 13.7 Å². The van der Waals surface area contributed by atoms with Crippen LogP contribution < -0.4 is 5.32 Å². The van der Waals surface area contributed by atoms with Gasteiger partial charge in [0, 0.05) is 25.5 Å². The number of ether oxygens (including phenoxy) is 1. The van der Waals surface area contributed by atoms with Gasteiger partial charge in [-0.2, -0.15) is 0 Å². The minimum absolute atomic E-state index is 0.133. The zero-order chi connectivity index (χ0) is 12.7. The second-order valence-corrected chi connectivity index (χ2v) is 4.55. The van der Waals surface area contributed by atoms with Crippen LogP contribution in [-0.2, 0) is 11.2 Å². The molecule has 2 unspecified atom stereocenters.